The summed E-state index contributed by atoms with van der Waals surface area (Å²) in [6.45, 7) is 2.16. The predicted octanol–water partition coefficient (Wildman–Crippen LogP) is 8.01. The maximum atomic E-state index is 13.5. The minimum Gasteiger partial charge on any atom is -0.477 e. The Morgan fingerprint density at radius 2 is 0.989 bits per heavy atom. The number of amides is 2. The smallest absolute Gasteiger partial charge is 0.364 e. The number of hydrogen-bond donors (Lipinski definition) is 14. The van der Waals surface area contributed by atoms with Crippen molar-refractivity contribution in [1.82, 2.24) is 10.6 Å². The molecule has 3 aliphatic heterocycles. The van der Waals surface area contributed by atoms with Crippen molar-refractivity contribution in [2.24, 2.45) is 0 Å². The number of ether oxygens (including phenoxy) is 6. The van der Waals surface area contributed by atoms with Crippen molar-refractivity contribution in [3.63, 3.8) is 0 Å². The van der Waals surface area contributed by atoms with Gasteiger partial charge in [-0.15, -0.1) is 0 Å². The Morgan fingerprint density at radius 3 is 1.43 bits per heavy atom. The molecule has 0 radical (unpaired) electrons. The molecule has 0 saturated carbocycles. The van der Waals surface area contributed by atoms with Gasteiger partial charge in [0.1, 0.15) is 67.1 Å². The molecule has 18 atom stereocenters. The van der Waals surface area contributed by atoms with Crippen molar-refractivity contribution >= 4 is 17.8 Å². The maximum Gasteiger partial charge on any atom is 0.364 e. The standard InChI is InChI=1S/C72H132N2O21/c1-4-6-8-10-12-14-16-18-20-22-23-24-25-26-27-28-29-30-32-34-36-38-40-42-44-46-59(82)74-53(54(79)45-43-41-39-37-35-33-31-21-19-17-15-13-11-9-7-5-2)51-90-69-64(86)63(85)66(58(50-77)92-69)93-70-65(87)68(62(84)57(49-76)91-70)95-72(71(88)89)47-55(80)60(73-52(3)78)67(94-72)61(83)56(81)48-75/h26-27,43,45,53-58,60-70,75-77,79-81,83-87H,4-25,28-42,44,46-51H2,1-3H3,(H,73,78)(H,74,82)(H,88,89)/b27-26-,45-43+. The fraction of sp³-hybridized carbons (Fsp3) is 0.903. The number of aliphatic hydroxyl groups is 11. The van der Waals surface area contributed by atoms with Crippen molar-refractivity contribution in [2.75, 3.05) is 26.4 Å². The Labute approximate surface area is 568 Å². The third-order valence-corrected chi connectivity index (χ3v) is 18.9. The number of aliphatic hydroxyl groups excluding tert-OH is 11. The van der Waals surface area contributed by atoms with E-state index in [1.165, 1.54) is 180 Å². The zero-order valence-corrected chi connectivity index (χ0v) is 58.3. The van der Waals surface area contributed by atoms with Gasteiger partial charge in [-0.25, -0.2) is 4.79 Å². The summed E-state index contributed by atoms with van der Waals surface area (Å²) in [6.07, 6.45) is 25.0. The summed E-state index contributed by atoms with van der Waals surface area (Å²) in [7, 11) is 0. The molecule has 0 spiro atoms. The van der Waals surface area contributed by atoms with Gasteiger partial charge in [0, 0.05) is 19.8 Å². The summed E-state index contributed by atoms with van der Waals surface area (Å²) < 4.78 is 34.8. The lowest BCUT2D eigenvalue weighted by atomic mass is 9.88. The number of rotatable bonds is 57. The Morgan fingerprint density at radius 1 is 0.547 bits per heavy atom. The summed E-state index contributed by atoms with van der Waals surface area (Å²) in [4.78, 5) is 38.6. The quantitative estimate of drug-likeness (QED) is 0.0202. The van der Waals surface area contributed by atoms with E-state index in [-0.39, 0.29) is 12.3 Å². The van der Waals surface area contributed by atoms with Gasteiger partial charge in [0.05, 0.1) is 50.7 Å². The van der Waals surface area contributed by atoms with E-state index < -0.39 is 155 Å². The van der Waals surface area contributed by atoms with E-state index in [0.717, 1.165) is 58.3 Å². The molecular weight excluding hydrogens is 1230 g/mol. The summed E-state index contributed by atoms with van der Waals surface area (Å²) in [5, 5.41) is 136. The van der Waals surface area contributed by atoms with E-state index in [2.05, 4.69) is 36.6 Å². The molecule has 556 valence electrons. The third-order valence-electron chi connectivity index (χ3n) is 18.9. The van der Waals surface area contributed by atoms with Gasteiger partial charge < -0.3 is 100 Å². The monoisotopic (exact) mass is 1360 g/mol. The molecular formula is C72H132N2O21. The Hall–Kier alpha value is -2.79. The first-order chi connectivity index (χ1) is 45.9. The first-order valence-electron chi connectivity index (χ1n) is 37.2. The first-order valence-corrected chi connectivity index (χ1v) is 37.2. The lowest BCUT2D eigenvalue weighted by Gasteiger charge is -2.50. The van der Waals surface area contributed by atoms with Gasteiger partial charge in [-0.05, 0) is 44.9 Å². The molecule has 18 unspecified atom stereocenters. The zero-order chi connectivity index (χ0) is 69.6. The van der Waals surface area contributed by atoms with Gasteiger partial charge in [0.25, 0.3) is 5.79 Å². The van der Waals surface area contributed by atoms with E-state index in [1.54, 1.807) is 6.08 Å². The average Bonchev–Trinajstić information content (AvgIpc) is 0.758. The van der Waals surface area contributed by atoms with Crippen molar-refractivity contribution in [3.05, 3.63) is 24.3 Å². The van der Waals surface area contributed by atoms with E-state index >= 15 is 0 Å². The van der Waals surface area contributed by atoms with E-state index in [9.17, 15) is 75.7 Å². The van der Waals surface area contributed by atoms with Crippen LogP contribution >= 0.6 is 0 Å². The van der Waals surface area contributed by atoms with Crippen LogP contribution in [0.3, 0.4) is 0 Å². The number of carbonyl (C=O) groups excluding carboxylic acids is 2. The fourth-order valence-electron chi connectivity index (χ4n) is 12.9. The van der Waals surface area contributed by atoms with E-state index in [1.807, 2.05) is 6.08 Å². The van der Waals surface area contributed by atoms with Crippen LogP contribution in [0, 0.1) is 0 Å². The maximum absolute atomic E-state index is 13.5. The molecule has 95 heavy (non-hydrogen) atoms. The van der Waals surface area contributed by atoms with Gasteiger partial charge in [0.15, 0.2) is 12.6 Å². The normalized spacial score (nSPS) is 27.8. The number of aliphatic carboxylic acids is 1. The third kappa shape index (κ3) is 34.0. The molecule has 0 bridgehead atoms. The van der Waals surface area contributed by atoms with Crippen LogP contribution in [0.4, 0.5) is 0 Å². The number of allylic oxidation sites excluding steroid dienone is 3. The van der Waals surface area contributed by atoms with Crippen molar-refractivity contribution in [3.8, 4) is 0 Å². The van der Waals surface area contributed by atoms with Crippen LogP contribution in [-0.2, 0) is 42.8 Å². The van der Waals surface area contributed by atoms with Crippen LogP contribution in [0.2, 0.25) is 0 Å². The molecule has 0 aromatic heterocycles. The molecule has 3 heterocycles. The number of nitrogens with one attached hydrogen (secondary N) is 2. The summed E-state index contributed by atoms with van der Waals surface area (Å²) >= 11 is 0. The van der Waals surface area contributed by atoms with Gasteiger partial charge in [-0.2, -0.15) is 0 Å². The Kier molecular flexibility index (Phi) is 47.5. The SMILES string of the molecule is CCCCCCCCCCCCCC/C=C\CCCCCCCCCCCC(=O)NC(COC1OC(CO)C(OC2OC(CO)C(O)C(OC3(C(=O)O)CC(O)C(NC(C)=O)C(C(O)C(O)CO)O3)C2O)C(O)C1O)C(O)/C=C/CCCCCCCCCCCCCCCC. The second-order valence-corrected chi connectivity index (χ2v) is 27.2. The van der Waals surface area contributed by atoms with Crippen LogP contribution in [0.25, 0.3) is 0 Å². The molecule has 14 N–H and O–H groups in total. The first kappa shape index (κ1) is 86.4. The highest BCUT2D eigenvalue weighted by Crippen LogP contribution is 2.39. The highest BCUT2D eigenvalue weighted by molar-refractivity contribution is 5.77. The molecule has 2 amide bonds. The zero-order valence-electron chi connectivity index (χ0n) is 58.3. The fourth-order valence-corrected chi connectivity index (χ4v) is 12.9. The van der Waals surface area contributed by atoms with Gasteiger partial charge in [0.2, 0.25) is 11.8 Å². The number of carboxylic acid groups (broad SMARTS) is 1. The highest BCUT2D eigenvalue weighted by Gasteiger charge is 2.60. The minimum absolute atomic E-state index is 0.199. The molecule has 23 heteroatoms. The summed E-state index contributed by atoms with van der Waals surface area (Å²) in [6, 6.07) is -2.62. The predicted molar refractivity (Wildman–Crippen MR) is 361 cm³/mol. The molecule has 3 rings (SSSR count). The summed E-state index contributed by atoms with van der Waals surface area (Å²) in [5.41, 5.74) is 0. The lowest BCUT2D eigenvalue weighted by Crippen LogP contribution is -2.70. The number of hydrogen-bond acceptors (Lipinski definition) is 20. The van der Waals surface area contributed by atoms with Crippen LogP contribution < -0.4 is 10.6 Å². The van der Waals surface area contributed by atoms with Crippen molar-refractivity contribution in [1.29, 1.82) is 0 Å². The largest absolute Gasteiger partial charge is 0.477 e. The van der Waals surface area contributed by atoms with Crippen LogP contribution in [0.5, 0.6) is 0 Å². The van der Waals surface area contributed by atoms with E-state index in [0.29, 0.717) is 12.8 Å². The number of carboxylic acids is 1. The average molecular weight is 1360 g/mol. The Bertz CT molecular complexity index is 2010. The van der Waals surface area contributed by atoms with E-state index in [4.69, 9.17) is 28.4 Å². The highest BCUT2D eigenvalue weighted by atomic mass is 16.8. The lowest BCUT2D eigenvalue weighted by molar-refractivity contribution is -0.386. The van der Waals surface area contributed by atoms with Gasteiger partial charge in [-0.3, -0.25) is 9.59 Å². The molecule has 0 aliphatic carbocycles. The molecule has 0 aromatic rings. The van der Waals surface area contributed by atoms with Gasteiger partial charge in [-0.1, -0.05) is 237 Å². The van der Waals surface area contributed by atoms with Crippen LogP contribution in [0.15, 0.2) is 24.3 Å². The number of carbonyl (C=O) groups is 3. The van der Waals surface area contributed by atoms with Crippen LogP contribution in [-0.4, -0.2) is 215 Å². The second kappa shape index (κ2) is 52.2. The topological polar surface area (TPSA) is 373 Å². The summed E-state index contributed by atoms with van der Waals surface area (Å²) in [5.74, 6) is -6.14. The van der Waals surface area contributed by atoms with Crippen LogP contribution in [0.1, 0.15) is 278 Å². The Balaban J connectivity index is 1.55. The molecule has 3 fully saturated rings. The van der Waals surface area contributed by atoms with Crippen molar-refractivity contribution in [2.45, 2.75) is 387 Å². The minimum atomic E-state index is -3.08. The van der Waals surface area contributed by atoms with Crippen molar-refractivity contribution < 1.29 is 104 Å². The molecule has 3 aliphatic rings. The molecule has 3 saturated heterocycles. The molecule has 23 nitrogen and oxygen atoms in total. The van der Waals surface area contributed by atoms with Gasteiger partial charge >= 0.3 is 5.97 Å². The second-order valence-electron chi connectivity index (χ2n) is 27.2. The molecule has 0 aromatic carbocycles. The number of unbranched alkanes of at least 4 members (excludes halogenated alkanes) is 35.